The molecule has 1 aliphatic carbocycles. The fraction of sp³-hybridized carbons (Fsp3) is 0.321. The molecule has 3 aromatic rings. The van der Waals surface area contributed by atoms with Gasteiger partial charge in [0.15, 0.2) is 9.84 Å². The number of ether oxygens (including phenoxy) is 1. The molecule has 0 radical (unpaired) electrons. The summed E-state index contributed by atoms with van der Waals surface area (Å²) >= 11 is 0. The normalized spacial score (nSPS) is 17.4. The molecule has 0 spiro atoms. The molecule has 9 heteroatoms. The first kappa shape index (κ1) is 25.1. The first-order valence-corrected chi connectivity index (χ1v) is 14.1. The van der Waals surface area contributed by atoms with E-state index < -0.39 is 9.84 Å². The number of carbonyl (C=O) groups excluding carboxylic acids is 2. The molecule has 1 saturated carbocycles. The largest absolute Gasteiger partial charge is 0.379 e. The van der Waals surface area contributed by atoms with Gasteiger partial charge in [0, 0.05) is 24.1 Å². The van der Waals surface area contributed by atoms with Gasteiger partial charge in [-0.2, -0.15) is 0 Å². The van der Waals surface area contributed by atoms with Gasteiger partial charge in [0.2, 0.25) is 5.91 Å². The predicted molar refractivity (Wildman–Crippen MR) is 140 cm³/mol. The van der Waals surface area contributed by atoms with Crippen molar-refractivity contribution in [3.63, 3.8) is 0 Å². The Bertz CT molecular complexity index is 1350. The van der Waals surface area contributed by atoms with Crippen molar-refractivity contribution in [3.8, 4) is 0 Å². The zero-order valence-electron chi connectivity index (χ0n) is 20.4. The number of hydrogen-bond donors (Lipinski definition) is 1. The van der Waals surface area contributed by atoms with E-state index in [1.54, 1.807) is 71.8 Å². The number of aromatic nitrogens is 1. The lowest BCUT2D eigenvalue weighted by Gasteiger charge is -2.27. The van der Waals surface area contributed by atoms with E-state index in [0.29, 0.717) is 35.2 Å². The molecule has 1 N–H and O–H groups in total. The number of nitrogens with zero attached hydrogens (tertiary/aromatic N) is 2. The molecular weight excluding hydrogens is 490 g/mol. The van der Waals surface area contributed by atoms with Crippen LogP contribution in [0, 0.1) is 5.92 Å². The highest BCUT2D eigenvalue weighted by molar-refractivity contribution is 7.91. The Morgan fingerprint density at radius 1 is 0.973 bits per heavy atom. The van der Waals surface area contributed by atoms with Gasteiger partial charge in [0.1, 0.15) is 5.82 Å². The summed E-state index contributed by atoms with van der Waals surface area (Å²) in [6.07, 6.45) is 4.46. The number of carbonyl (C=O) groups is 2. The Morgan fingerprint density at radius 3 is 2.35 bits per heavy atom. The third-order valence-electron chi connectivity index (χ3n) is 6.60. The van der Waals surface area contributed by atoms with Crippen LogP contribution in [0.15, 0.2) is 77.8 Å². The SMILES string of the molecule is O=C(Cc1ccc(S(=O)(=O)CC2CC2)cc1)Nc1ccc(C(=O)N(c2ccccn2)C2CCOC2)cc1. The topological polar surface area (TPSA) is 106 Å². The maximum atomic E-state index is 13.4. The average molecular weight is 520 g/mol. The van der Waals surface area contributed by atoms with Crippen molar-refractivity contribution in [2.45, 2.75) is 36.6 Å². The summed E-state index contributed by atoms with van der Waals surface area (Å²) in [5.41, 5.74) is 1.77. The van der Waals surface area contributed by atoms with Gasteiger partial charge in [-0.25, -0.2) is 13.4 Å². The van der Waals surface area contributed by atoms with Crippen LogP contribution in [0.1, 0.15) is 35.2 Å². The quantitative estimate of drug-likeness (QED) is 0.460. The molecule has 37 heavy (non-hydrogen) atoms. The number of nitrogens with one attached hydrogen (secondary N) is 1. The highest BCUT2D eigenvalue weighted by Gasteiger charge is 2.31. The van der Waals surface area contributed by atoms with E-state index in [1.807, 2.05) is 6.07 Å². The van der Waals surface area contributed by atoms with E-state index in [1.165, 1.54) is 0 Å². The number of hydrogen-bond acceptors (Lipinski definition) is 6. The first-order chi connectivity index (χ1) is 17.9. The first-order valence-electron chi connectivity index (χ1n) is 12.4. The minimum atomic E-state index is -3.27. The molecule has 2 aromatic carbocycles. The smallest absolute Gasteiger partial charge is 0.259 e. The summed E-state index contributed by atoms with van der Waals surface area (Å²) in [7, 11) is -3.27. The number of anilines is 2. The summed E-state index contributed by atoms with van der Waals surface area (Å²) in [6, 6.07) is 18.6. The molecule has 2 aliphatic rings. The van der Waals surface area contributed by atoms with E-state index in [4.69, 9.17) is 4.74 Å². The second-order valence-corrected chi connectivity index (χ2v) is 11.6. The van der Waals surface area contributed by atoms with Crippen LogP contribution in [-0.4, -0.2) is 50.2 Å². The Kier molecular flexibility index (Phi) is 7.34. The maximum Gasteiger partial charge on any atom is 0.259 e. The van der Waals surface area contributed by atoms with E-state index in [-0.39, 0.29) is 35.9 Å². The average Bonchev–Trinajstić information content (AvgIpc) is 3.54. The van der Waals surface area contributed by atoms with Crippen LogP contribution in [0.4, 0.5) is 11.5 Å². The Morgan fingerprint density at radius 2 is 1.73 bits per heavy atom. The summed E-state index contributed by atoms with van der Waals surface area (Å²) in [6.45, 7) is 1.06. The van der Waals surface area contributed by atoms with E-state index in [2.05, 4.69) is 10.3 Å². The van der Waals surface area contributed by atoms with Crippen molar-refractivity contribution in [2.24, 2.45) is 5.92 Å². The second-order valence-electron chi connectivity index (χ2n) is 9.55. The van der Waals surface area contributed by atoms with Crippen LogP contribution < -0.4 is 10.2 Å². The van der Waals surface area contributed by atoms with Gasteiger partial charge in [0.05, 0.1) is 29.7 Å². The number of rotatable bonds is 9. The van der Waals surface area contributed by atoms with E-state index >= 15 is 0 Å². The standard InChI is InChI=1S/C28H29N3O5S/c32-27(17-20-6-12-25(13-7-20)37(34,35)19-21-4-5-21)30-23-10-8-22(9-11-23)28(33)31(24-14-16-36-18-24)26-3-1-2-15-29-26/h1-3,6-13,15,21,24H,4-5,14,16-19H2,(H,30,32). The molecule has 1 aliphatic heterocycles. The molecule has 1 atom stereocenters. The second kappa shape index (κ2) is 10.8. The minimum Gasteiger partial charge on any atom is -0.379 e. The van der Waals surface area contributed by atoms with Crippen molar-refractivity contribution >= 4 is 33.2 Å². The lowest BCUT2D eigenvalue weighted by Crippen LogP contribution is -2.41. The zero-order valence-corrected chi connectivity index (χ0v) is 21.2. The highest BCUT2D eigenvalue weighted by atomic mass is 32.2. The third kappa shape index (κ3) is 6.23. The van der Waals surface area contributed by atoms with Crippen molar-refractivity contribution in [1.82, 2.24) is 4.98 Å². The van der Waals surface area contributed by atoms with Gasteiger partial charge in [-0.3, -0.25) is 14.5 Å². The van der Waals surface area contributed by atoms with Crippen LogP contribution in [0.25, 0.3) is 0 Å². The Labute approximate surface area is 216 Å². The molecule has 5 rings (SSSR count). The molecule has 2 amide bonds. The van der Waals surface area contributed by atoms with Gasteiger partial charge >= 0.3 is 0 Å². The molecule has 2 heterocycles. The third-order valence-corrected chi connectivity index (χ3v) is 8.50. The highest BCUT2D eigenvalue weighted by Crippen LogP contribution is 2.32. The maximum absolute atomic E-state index is 13.4. The monoisotopic (exact) mass is 519 g/mol. The summed E-state index contributed by atoms with van der Waals surface area (Å²) in [5, 5.41) is 2.84. The molecule has 2 fully saturated rings. The number of benzene rings is 2. The molecule has 0 bridgehead atoms. The van der Waals surface area contributed by atoms with Gasteiger partial charge in [-0.05, 0) is 79.3 Å². The lowest BCUT2D eigenvalue weighted by molar-refractivity contribution is -0.115. The lowest BCUT2D eigenvalue weighted by atomic mass is 10.1. The van der Waals surface area contributed by atoms with Crippen molar-refractivity contribution in [1.29, 1.82) is 0 Å². The fourth-order valence-corrected chi connectivity index (χ4v) is 6.11. The molecule has 1 saturated heterocycles. The molecule has 1 aromatic heterocycles. The van der Waals surface area contributed by atoms with Gasteiger partial charge < -0.3 is 10.1 Å². The van der Waals surface area contributed by atoms with Crippen LogP contribution in [0.5, 0.6) is 0 Å². The van der Waals surface area contributed by atoms with Crippen molar-refractivity contribution < 1.29 is 22.7 Å². The summed E-state index contributed by atoms with van der Waals surface area (Å²) < 4.78 is 30.3. The number of amides is 2. The zero-order chi connectivity index (χ0) is 25.8. The van der Waals surface area contributed by atoms with Crippen LogP contribution in [0.2, 0.25) is 0 Å². The fourth-order valence-electron chi connectivity index (χ4n) is 4.41. The Balaban J connectivity index is 1.21. The van der Waals surface area contributed by atoms with E-state index in [0.717, 1.165) is 24.8 Å². The molecule has 1 unspecified atom stereocenters. The summed E-state index contributed by atoms with van der Waals surface area (Å²) in [4.78, 5) is 32.3. The van der Waals surface area contributed by atoms with Gasteiger partial charge in [-0.15, -0.1) is 0 Å². The number of pyridine rings is 1. The number of sulfone groups is 1. The van der Waals surface area contributed by atoms with Gasteiger partial charge in [-0.1, -0.05) is 18.2 Å². The minimum absolute atomic E-state index is 0.0862. The molecule has 8 nitrogen and oxygen atoms in total. The summed E-state index contributed by atoms with van der Waals surface area (Å²) in [5.74, 6) is 0.646. The van der Waals surface area contributed by atoms with E-state index in [9.17, 15) is 18.0 Å². The molecular formula is C28H29N3O5S. The van der Waals surface area contributed by atoms with Crippen LogP contribution >= 0.6 is 0 Å². The molecule has 192 valence electrons. The van der Waals surface area contributed by atoms with Gasteiger partial charge in [0.25, 0.3) is 5.91 Å². The van der Waals surface area contributed by atoms with Crippen LogP contribution in [-0.2, 0) is 25.8 Å². The van der Waals surface area contributed by atoms with Crippen molar-refractivity contribution in [3.05, 3.63) is 84.1 Å². The van der Waals surface area contributed by atoms with Crippen LogP contribution in [0.3, 0.4) is 0 Å². The van der Waals surface area contributed by atoms with Crippen molar-refractivity contribution in [2.75, 3.05) is 29.2 Å². The Hall–Kier alpha value is -3.56. The predicted octanol–water partition coefficient (Wildman–Crippen LogP) is 3.88.